The van der Waals surface area contributed by atoms with Gasteiger partial charge in [-0.15, -0.1) is 11.3 Å². The van der Waals surface area contributed by atoms with E-state index >= 15 is 0 Å². The highest BCUT2D eigenvalue weighted by Gasteiger charge is 2.29. The van der Waals surface area contributed by atoms with Gasteiger partial charge in [-0.2, -0.15) is 5.10 Å². The molecule has 1 aliphatic rings. The number of nitrogens with zero attached hydrogens (tertiary/aromatic N) is 5. The number of aromatic nitrogens is 7. The summed E-state index contributed by atoms with van der Waals surface area (Å²) in [5.41, 5.74) is 6.28. The van der Waals surface area contributed by atoms with Gasteiger partial charge in [0.1, 0.15) is 16.9 Å². The Morgan fingerprint density at radius 1 is 1.09 bits per heavy atom. The minimum absolute atomic E-state index is 0.0518. The van der Waals surface area contributed by atoms with Crippen molar-refractivity contribution < 1.29 is 4.79 Å². The molecule has 7 rings (SSSR count). The highest BCUT2D eigenvalue weighted by atomic mass is 32.1. The average molecular weight is 479 g/mol. The maximum Gasteiger partial charge on any atom is 0.227 e. The summed E-state index contributed by atoms with van der Waals surface area (Å²) in [5, 5.41) is 13.3. The first-order valence-corrected chi connectivity index (χ1v) is 12.1. The highest BCUT2D eigenvalue weighted by molar-refractivity contribution is 7.13. The molecule has 0 aromatic carbocycles. The summed E-state index contributed by atoms with van der Waals surface area (Å²) in [6.07, 6.45) is 8.87. The lowest BCUT2D eigenvalue weighted by molar-refractivity contribution is -0.117. The SMILES string of the molecule is O=C(Nc1cncc(-c2cnc3n[nH]c(-c4nc5c(-c6cccs6)nccc5[nH]4)c3c2)c1)C1CC1. The Hall–Kier alpha value is -4.44. The van der Waals surface area contributed by atoms with Gasteiger partial charge in [-0.3, -0.25) is 19.9 Å². The van der Waals surface area contributed by atoms with Crippen LogP contribution in [0.15, 0.2) is 60.5 Å². The van der Waals surface area contributed by atoms with Crippen LogP contribution in [0.25, 0.3) is 55.3 Å². The number of aromatic amines is 2. The lowest BCUT2D eigenvalue weighted by Crippen LogP contribution is -2.13. The summed E-state index contributed by atoms with van der Waals surface area (Å²) in [7, 11) is 0. The Balaban J connectivity index is 1.29. The molecule has 10 heteroatoms. The molecule has 1 fully saturated rings. The fraction of sp³-hybridized carbons (Fsp3) is 0.120. The zero-order chi connectivity index (χ0) is 23.4. The van der Waals surface area contributed by atoms with Gasteiger partial charge in [0.05, 0.1) is 27.7 Å². The Bertz CT molecular complexity index is 1710. The zero-order valence-electron chi connectivity index (χ0n) is 18.3. The molecule has 9 nitrogen and oxygen atoms in total. The van der Waals surface area contributed by atoms with E-state index < -0.39 is 0 Å². The number of pyridine rings is 3. The number of imidazole rings is 1. The molecule has 3 N–H and O–H groups in total. The first-order valence-electron chi connectivity index (χ1n) is 11.2. The van der Waals surface area contributed by atoms with Crippen molar-refractivity contribution >= 4 is 45.0 Å². The number of amides is 1. The van der Waals surface area contributed by atoms with Crippen LogP contribution in [0.3, 0.4) is 0 Å². The van der Waals surface area contributed by atoms with E-state index in [-0.39, 0.29) is 11.8 Å². The molecule has 0 saturated heterocycles. The van der Waals surface area contributed by atoms with Gasteiger partial charge >= 0.3 is 0 Å². The molecule has 1 aliphatic carbocycles. The van der Waals surface area contributed by atoms with Crippen LogP contribution in [0, 0.1) is 5.92 Å². The van der Waals surface area contributed by atoms with Crippen molar-refractivity contribution in [2.75, 3.05) is 5.32 Å². The van der Waals surface area contributed by atoms with Crippen molar-refractivity contribution in [2.24, 2.45) is 5.92 Å². The number of hydrogen-bond acceptors (Lipinski definition) is 7. The van der Waals surface area contributed by atoms with Crippen molar-refractivity contribution in [2.45, 2.75) is 12.8 Å². The minimum Gasteiger partial charge on any atom is -0.337 e. The molecule has 0 spiro atoms. The predicted molar refractivity (Wildman–Crippen MR) is 135 cm³/mol. The fourth-order valence-corrected chi connectivity index (χ4v) is 4.86. The maximum atomic E-state index is 12.2. The largest absolute Gasteiger partial charge is 0.337 e. The normalized spacial score (nSPS) is 13.5. The molecule has 170 valence electrons. The number of thiophene rings is 1. The van der Waals surface area contributed by atoms with Crippen molar-refractivity contribution in [3.8, 4) is 33.2 Å². The van der Waals surface area contributed by atoms with Crippen LogP contribution in [0.5, 0.6) is 0 Å². The number of hydrogen-bond donors (Lipinski definition) is 3. The summed E-state index contributed by atoms with van der Waals surface area (Å²) in [6.45, 7) is 0. The molecule has 1 saturated carbocycles. The van der Waals surface area contributed by atoms with Gasteiger partial charge in [-0.1, -0.05) is 6.07 Å². The van der Waals surface area contributed by atoms with E-state index in [2.05, 4.69) is 35.5 Å². The first kappa shape index (κ1) is 20.0. The van der Waals surface area contributed by atoms with Crippen LogP contribution in [-0.2, 0) is 4.79 Å². The zero-order valence-corrected chi connectivity index (χ0v) is 19.1. The number of H-pyrrole nitrogens is 2. The fourth-order valence-electron chi connectivity index (χ4n) is 4.14. The van der Waals surface area contributed by atoms with E-state index in [9.17, 15) is 4.79 Å². The number of rotatable bonds is 5. The highest BCUT2D eigenvalue weighted by Crippen LogP contribution is 2.34. The molecule has 1 amide bonds. The van der Waals surface area contributed by atoms with Gasteiger partial charge in [-0.25, -0.2) is 9.97 Å². The molecule has 6 aromatic heterocycles. The van der Waals surface area contributed by atoms with Crippen LogP contribution >= 0.6 is 11.3 Å². The van der Waals surface area contributed by atoms with Gasteiger partial charge in [0.25, 0.3) is 0 Å². The Labute approximate surface area is 202 Å². The van der Waals surface area contributed by atoms with Crippen molar-refractivity contribution in [1.29, 1.82) is 0 Å². The molecule has 0 radical (unpaired) electrons. The number of fused-ring (bicyclic) bond motifs is 2. The number of anilines is 1. The average Bonchev–Trinajstić information content (AvgIpc) is 3.26. The second-order valence-electron chi connectivity index (χ2n) is 8.54. The van der Waals surface area contributed by atoms with Gasteiger partial charge in [-0.05, 0) is 42.5 Å². The van der Waals surface area contributed by atoms with E-state index in [4.69, 9.17) is 4.98 Å². The van der Waals surface area contributed by atoms with E-state index in [0.29, 0.717) is 17.2 Å². The third-order valence-corrected chi connectivity index (χ3v) is 6.97. The van der Waals surface area contributed by atoms with Crippen LogP contribution in [0.4, 0.5) is 5.69 Å². The first-order chi connectivity index (χ1) is 17.2. The lowest BCUT2D eigenvalue weighted by Gasteiger charge is -2.06. The third kappa shape index (κ3) is 3.55. The molecule has 6 aromatic rings. The van der Waals surface area contributed by atoms with E-state index in [1.165, 1.54) is 0 Å². The number of carbonyl (C=O) groups is 1. The summed E-state index contributed by atoms with van der Waals surface area (Å²) in [4.78, 5) is 34.9. The predicted octanol–water partition coefficient (Wildman–Crippen LogP) is 5.04. The molecule has 35 heavy (non-hydrogen) atoms. The molecule has 0 bridgehead atoms. The van der Waals surface area contributed by atoms with Crippen molar-refractivity contribution in [3.63, 3.8) is 0 Å². The molecular formula is C25H18N8OS. The van der Waals surface area contributed by atoms with Crippen LogP contribution in [-0.4, -0.2) is 41.0 Å². The summed E-state index contributed by atoms with van der Waals surface area (Å²) in [6, 6.07) is 9.88. The quantitative estimate of drug-likeness (QED) is 0.319. The van der Waals surface area contributed by atoms with Crippen LogP contribution < -0.4 is 5.32 Å². The minimum atomic E-state index is 0.0518. The van der Waals surface area contributed by atoms with E-state index in [1.807, 2.05) is 35.7 Å². The van der Waals surface area contributed by atoms with E-state index in [1.54, 1.807) is 36.1 Å². The standard InChI is InChI=1S/C25H18N8OS/c34-25(13-3-4-13)29-16-8-14(10-26-12-16)15-9-17-20(32-33-23(17)28-11-15)24-30-18-5-6-27-22(21(18)31-24)19-2-1-7-35-19/h1-2,5-13H,3-4H2,(H,29,34)(H,30,31)(H,28,32,33). The third-order valence-electron chi connectivity index (χ3n) is 6.09. The summed E-state index contributed by atoms with van der Waals surface area (Å²) in [5.74, 6) is 0.844. The smallest absolute Gasteiger partial charge is 0.227 e. The van der Waals surface area contributed by atoms with Gasteiger partial charge < -0.3 is 10.3 Å². The van der Waals surface area contributed by atoms with Crippen LogP contribution in [0.1, 0.15) is 12.8 Å². The Morgan fingerprint density at radius 2 is 2.00 bits per heavy atom. The monoisotopic (exact) mass is 478 g/mol. The number of carbonyl (C=O) groups excluding carboxylic acids is 1. The van der Waals surface area contributed by atoms with Crippen LogP contribution in [0.2, 0.25) is 0 Å². The Morgan fingerprint density at radius 3 is 2.86 bits per heavy atom. The van der Waals surface area contributed by atoms with Gasteiger partial charge in [0.2, 0.25) is 5.91 Å². The topological polar surface area (TPSA) is 125 Å². The molecule has 0 aliphatic heterocycles. The molecule has 0 atom stereocenters. The molecular weight excluding hydrogens is 460 g/mol. The van der Waals surface area contributed by atoms with Gasteiger partial charge in [0, 0.05) is 35.6 Å². The lowest BCUT2D eigenvalue weighted by atomic mass is 10.1. The van der Waals surface area contributed by atoms with Gasteiger partial charge in [0.15, 0.2) is 11.5 Å². The van der Waals surface area contributed by atoms with Crippen molar-refractivity contribution in [1.82, 2.24) is 35.1 Å². The van der Waals surface area contributed by atoms with Crippen molar-refractivity contribution in [3.05, 3.63) is 60.5 Å². The molecule has 0 unspecified atom stereocenters. The van der Waals surface area contributed by atoms with E-state index in [0.717, 1.165) is 56.7 Å². The summed E-state index contributed by atoms with van der Waals surface area (Å²) >= 11 is 1.63. The number of nitrogens with one attached hydrogen (secondary N) is 3. The molecule has 6 heterocycles. The summed E-state index contributed by atoms with van der Waals surface area (Å²) < 4.78 is 0. The second kappa shape index (κ2) is 7.81. The maximum absolute atomic E-state index is 12.2. The Kier molecular flexibility index (Phi) is 4.46. The second-order valence-corrected chi connectivity index (χ2v) is 9.49.